The van der Waals surface area contributed by atoms with Crippen molar-refractivity contribution < 1.29 is 67.3 Å². The summed E-state index contributed by atoms with van der Waals surface area (Å²) in [6.45, 7) is 0. The van der Waals surface area contributed by atoms with E-state index in [9.17, 15) is 0 Å². The molecule has 0 aliphatic carbocycles. The van der Waals surface area contributed by atoms with Gasteiger partial charge in [0.25, 0.3) is 0 Å². The van der Waals surface area contributed by atoms with Crippen molar-refractivity contribution >= 4 is 14.2 Å². The standard InChI is InChI=1S/CH5AsO3.2Hg/c1-2(3,4)5;;/h1H3,(H2,3,4,5);;/p-2. The van der Waals surface area contributed by atoms with E-state index in [2.05, 4.69) is 0 Å². The summed E-state index contributed by atoms with van der Waals surface area (Å²) < 4.78 is 27.5. The Morgan fingerprint density at radius 3 is 1.29 bits per heavy atom. The molecule has 0 saturated carbocycles. The van der Waals surface area contributed by atoms with Crippen molar-refractivity contribution in [1.29, 1.82) is 0 Å². The molecular formula is CH3AsHg2O3-2. The molecule has 0 bridgehead atoms. The minimum absolute atomic E-state index is 0. The van der Waals surface area contributed by atoms with Crippen LogP contribution in [0.3, 0.4) is 0 Å². The molecule has 0 heterocycles. The van der Waals surface area contributed by atoms with Gasteiger partial charge < -0.3 is 0 Å². The summed E-state index contributed by atoms with van der Waals surface area (Å²) in [6, 6.07) is 0. The van der Waals surface area contributed by atoms with Crippen LogP contribution < -0.4 is 8.19 Å². The molecule has 7 heavy (non-hydrogen) atoms. The molecule has 6 heteroatoms. The van der Waals surface area contributed by atoms with Crippen LogP contribution in [0.15, 0.2) is 0 Å². The summed E-state index contributed by atoms with van der Waals surface area (Å²) in [6.07, 6.45) is 0. The molecule has 0 aromatic heterocycles. The van der Waals surface area contributed by atoms with Crippen LogP contribution in [0, 0.1) is 0 Å². The van der Waals surface area contributed by atoms with Crippen LogP contribution in [0.1, 0.15) is 0 Å². The van der Waals surface area contributed by atoms with Crippen molar-refractivity contribution in [3.63, 3.8) is 0 Å². The molecular weight excluding hydrogens is 536 g/mol. The Balaban J connectivity index is -0.0000000800. The maximum atomic E-state index is 9.16. The van der Waals surface area contributed by atoms with Crippen LogP contribution in [0.4, 0.5) is 0 Å². The first-order valence-corrected chi connectivity index (χ1v) is 5.17. The van der Waals surface area contributed by atoms with Crippen molar-refractivity contribution in [1.82, 2.24) is 0 Å². The van der Waals surface area contributed by atoms with Crippen molar-refractivity contribution in [3.05, 3.63) is 0 Å². The quantitative estimate of drug-likeness (QED) is 0.326. The van der Waals surface area contributed by atoms with Crippen molar-refractivity contribution in [2.45, 2.75) is 5.71 Å². The van der Waals surface area contributed by atoms with Gasteiger partial charge in [-0.3, -0.25) is 0 Å². The van der Waals surface area contributed by atoms with Crippen LogP contribution in [-0.2, 0) is 59.1 Å². The summed E-state index contributed by atoms with van der Waals surface area (Å²) in [5.74, 6) is 0. The molecule has 0 amide bonds. The monoisotopic (exact) mass is 542 g/mol. The SMILES string of the molecule is C[As](=O)([O-])[O-].[Hg].[Hg]. The Bertz CT molecular complexity index is 59.1. The van der Waals surface area contributed by atoms with Gasteiger partial charge in [0, 0.05) is 55.3 Å². The van der Waals surface area contributed by atoms with Gasteiger partial charge in [-0.15, -0.1) is 0 Å². The van der Waals surface area contributed by atoms with E-state index < -0.39 is 14.2 Å². The fraction of sp³-hybridized carbons (Fsp3) is 1.00. The zero-order chi connectivity index (χ0) is 4.50. The average molecular weight is 539 g/mol. The summed E-state index contributed by atoms with van der Waals surface area (Å²) in [4.78, 5) is 0. The smallest absolute Gasteiger partial charge is 0 e. The Morgan fingerprint density at radius 2 is 1.29 bits per heavy atom. The molecule has 0 saturated heterocycles. The minimum Gasteiger partial charge on any atom is 0 e. The Kier molecular flexibility index (Phi) is 14.4. The zero-order valence-electron chi connectivity index (χ0n) is 4.09. The van der Waals surface area contributed by atoms with Crippen molar-refractivity contribution in [2.75, 3.05) is 0 Å². The van der Waals surface area contributed by atoms with E-state index in [0.29, 0.717) is 5.71 Å². The molecule has 0 aliphatic heterocycles. The van der Waals surface area contributed by atoms with E-state index in [0.717, 1.165) is 0 Å². The van der Waals surface area contributed by atoms with Gasteiger partial charge in [-0.25, -0.2) is 0 Å². The first-order chi connectivity index (χ1) is 2.00. The summed E-state index contributed by atoms with van der Waals surface area (Å²) in [7, 11) is 0. The predicted octanol–water partition coefficient (Wildman–Crippen LogP) is -2.30. The van der Waals surface area contributed by atoms with E-state index in [4.69, 9.17) is 11.9 Å². The normalized spacial score (nSPS) is 8.43. The zero-order valence-corrected chi connectivity index (χ0v) is 17.0. The van der Waals surface area contributed by atoms with Gasteiger partial charge >= 0.3 is 31.8 Å². The van der Waals surface area contributed by atoms with Gasteiger partial charge in [-0.2, -0.15) is 0 Å². The van der Waals surface area contributed by atoms with E-state index in [1.165, 1.54) is 0 Å². The van der Waals surface area contributed by atoms with E-state index in [1.807, 2.05) is 0 Å². The first-order valence-electron chi connectivity index (χ1n) is 0.995. The van der Waals surface area contributed by atoms with Crippen LogP contribution >= 0.6 is 0 Å². The second-order valence-corrected chi connectivity index (χ2v) is 4.01. The average Bonchev–Trinajstić information content (AvgIpc) is 0.722. The third kappa shape index (κ3) is 66.7. The molecule has 0 N–H and O–H groups in total. The molecule has 0 rings (SSSR count). The second kappa shape index (κ2) is 6.27. The Labute approximate surface area is 85.9 Å². The molecule has 36 valence electrons. The minimum atomic E-state index is -4.62. The van der Waals surface area contributed by atoms with Crippen molar-refractivity contribution in [3.8, 4) is 0 Å². The van der Waals surface area contributed by atoms with Gasteiger partial charge in [0.1, 0.15) is 0 Å². The number of hydrogen-bond acceptors (Lipinski definition) is 3. The summed E-state index contributed by atoms with van der Waals surface area (Å²) >= 11 is -4.62. The van der Waals surface area contributed by atoms with Gasteiger partial charge in [0.15, 0.2) is 0 Å². The van der Waals surface area contributed by atoms with Gasteiger partial charge in [-0.05, 0) is 0 Å². The maximum absolute atomic E-state index is 9.16. The molecule has 0 radical (unpaired) electrons. The molecule has 0 aliphatic rings. The topological polar surface area (TPSA) is 63.2 Å². The summed E-state index contributed by atoms with van der Waals surface area (Å²) in [5.41, 5.74) is 0.693. The third-order valence-corrected chi connectivity index (χ3v) is 0. The number of rotatable bonds is 0. The molecule has 0 atom stereocenters. The first kappa shape index (κ1) is 16.1. The van der Waals surface area contributed by atoms with E-state index >= 15 is 0 Å². The predicted molar refractivity (Wildman–Crippen MR) is 12.3 cm³/mol. The van der Waals surface area contributed by atoms with Crippen LogP contribution in [0.25, 0.3) is 0 Å². The van der Waals surface area contributed by atoms with Gasteiger partial charge in [-0.1, -0.05) is 0 Å². The maximum Gasteiger partial charge on any atom is 0 e. The van der Waals surface area contributed by atoms with Crippen LogP contribution in [0.5, 0.6) is 0 Å². The van der Waals surface area contributed by atoms with Crippen molar-refractivity contribution in [2.24, 2.45) is 0 Å². The Hall–Kier alpha value is 2.15. The van der Waals surface area contributed by atoms with Crippen LogP contribution in [0.2, 0.25) is 5.71 Å². The van der Waals surface area contributed by atoms with E-state index in [1.54, 1.807) is 0 Å². The number of hydrogen-bond donors (Lipinski definition) is 0. The van der Waals surface area contributed by atoms with Gasteiger partial charge in [0.2, 0.25) is 0 Å². The fourth-order valence-corrected chi connectivity index (χ4v) is 0. The third-order valence-electron chi connectivity index (χ3n) is 0. The largest absolute Gasteiger partial charge is 0 e. The second-order valence-electron chi connectivity index (χ2n) is 0.771. The molecule has 3 nitrogen and oxygen atoms in total. The molecule has 0 unspecified atom stereocenters. The summed E-state index contributed by atoms with van der Waals surface area (Å²) in [5, 5.41) is 0. The Morgan fingerprint density at radius 1 is 1.29 bits per heavy atom. The van der Waals surface area contributed by atoms with Crippen LogP contribution in [-0.4, -0.2) is 14.2 Å². The molecule has 0 fully saturated rings. The fourth-order valence-electron chi connectivity index (χ4n) is 0. The molecule has 0 spiro atoms. The van der Waals surface area contributed by atoms with Gasteiger partial charge in [0.05, 0.1) is 0 Å². The molecule has 0 aromatic carbocycles. The van der Waals surface area contributed by atoms with E-state index in [-0.39, 0.29) is 55.3 Å². The molecule has 0 aromatic rings.